The summed E-state index contributed by atoms with van der Waals surface area (Å²) in [6.45, 7) is 3.98. The van der Waals surface area contributed by atoms with Gasteiger partial charge in [-0.25, -0.2) is 0 Å². The molecule has 0 fully saturated rings. The molecule has 2 N–H and O–H groups in total. The molecule has 0 aliphatic rings. The summed E-state index contributed by atoms with van der Waals surface area (Å²) in [5, 5.41) is 19.5. The summed E-state index contributed by atoms with van der Waals surface area (Å²) in [6, 6.07) is 9.48. The highest BCUT2D eigenvalue weighted by molar-refractivity contribution is 5.80. The highest BCUT2D eigenvalue weighted by Gasteiger charge is 2.34. The smallest absolute Gasteiger partial charge is 0.313 e. The van der Waals surface area contributed by atoms with E-state index < -0.39 is 11.4 Å². The first-order chi connectivity index (χ1) is 11.0. The molecule has 23 heavy (non-hydrogen) atoms. The largest absolute Gasteiger partial charge is 0.481 e. The molecule has 0 radical (unpaired) electrons. The van der Waals surface area contributed by atoms with E-state index >= 15 is 0 Å². The van der Waals surface area contributed by atoms with Crippen LogP contribution in [-0.2, 0) is 10.2 Å². The van der Waals surface area contributed by atoms with Crippen LogP contribution in [0.2, 0.25) is 0 Å². The molecule has 2 atom stereocenters. The summed E-state index contributed by atoms with van der Waals surface area (Å²) >= 11 is 0. The predicted octanol–water partition coefficient (Wildman–Crippen LogP) is 4.92. The number of benzene rings is 1. The highest BCUT2D eigenvalue weighted by Crippen LogP contribution is 2.30. The van der Waals surface area contributed by atoms with Crippen molar-refractivity contribution in [1.29, 1.82) is 0 Å². The predicted molar refractivity (Wildman–Crippen MR) is 94.7 cm³/mol. The number of carboxylic acid groups (broad SMARTS) is 1. The molecule has 0 saturated heterocycles. The van der Waals surface area contributed by atoms with Gasteiger partial charge in [-0.15, -0.1) is 0 Å². The molecule has 2 unspecified atom stereocenters. The van der Waals surface area contributed by atoms with E-state index in [4.69, 9.17) is 0 Å². The minimum Gasteiger partial charge on any atom is -0.481 e. The molecule has 0 saturated carbocycles. The number of carbonyl (C=O) groups is 1. The first-order valence-electron chi connectivity index (χ1n) is 8.97. The van der Waals surface area contributed by atoms with E-state index in [1.54, 1.807) is 0 Å². The Morgan fingerprint density at radius 3 is 2.22 bits per heavy atom. The lowest BCUT2D eigenvalue weighted by atomic mass is 9.78. The summed E-state index contributed by atoms with van der Waals surface area (Å²) in [6.07, 6.45) is 8.45. The lowest BCUT2D eigenvalue weighted by Gasteiger charge is -2.25. The van der Waals surface area contributed by atoms with Crippen molar-refractivity contribution in [2.45, 2.75) is 83.2 Å². The third kappa shape index (κ3) is 6.74. The third-order valence-electron chi connectivity index (χ3n) is 4.74. The van der Waals surface area contributed by atoms with Gasteiger partial charge in [0.15, 0.2) is 0 Å². The molecular weight excluding hydrogens is 288 g/mol. The van der Waals surface area contributed by atoms with E-state index in [-0.39, 0.29) is 6.10 Å². The average Bonchev–Trinajstić information content (AvgIpc) is 2.55. The molecule has 1 aromatic rings. The molecule has 130 valence electrons. The zero-order valence-corrected chi connectivity index (χ0v) is 14.6. The van der Waals surface area contributed by atoms with Crippen molar-refractivity contribution >= 4 is 5.97 Å². The fraction of sp³-hybridized carbons (Fsp3) is 0.650. The van der Waals surface area contributed by atoms with Crippen molar-refractivity contribution in [3.63, 3.8) is 0 Å². The third-order valence-corrected chi connectivity index (χ3v) is 4.74. The second kappa shape index (κ2) is 10.4. The van der Waals surface area contributed by atoms with Gasteiger partial charge in [0.25, 0.3) is 0 Å². The lowest BCUT2D eigenvalue weighted by Crippen LogP contribution is -2.32. The summed E-state index contributed by atoms with van der Waals surface area (Å²) in [5.41, 5.74) is 0.0492. The summed E-state index contributed by atoms with van der Waals surface area (Å²) in [4.78, 5) is 11.7. The van der Waals surface area contributed by atoms with E-state index in [0.29, 0.717) is 6.42 Å². The second-order valence-electron chi connectivity index (χ2n) is 6.75. The van der Waals surface area contributed by atoms with Crippen molar-refractivity contribution in [3.8, 4) is 0 Å². The molecular formula is C20H32O3. The summed E-state index contributed by atoms with van der Waals surface area (Å²) in [5.74, 6) is -0.761. The molecule has 0 aliphatic heterocycles. The Labute approximate surface area is 140 Å². The number of hydrogen-bond acceptors (Lipinski definition) is 2. The van der Waals surface area contributed by atoms with Gasteiger partial charge in [-0.05, 0) is 31.7 Å². The number of carboxylic acids is 1. The number of hydrogen-bond donors (Lipinski definition) is 2. The molecule has 1 aromatic carbocycles. The molecule has 0 spiro atoms. The number of aliphatic hydroxyl groups is 1. The van der Waals surface area contributed by atoms with Crippen molar-refractivity contribution in [1.82, 2.24) is 0 Å². The van der Waals surface area contributed by atoms with Crippen LogP contribution in [0.5, 0.6) is 0 Å². The van der Waals surface area contributed by atoms with Crippen LogP contribution in [0.25, 0.3) is 0 Å². The van der Waals surface area contributed by atoms with E-state index in [2.05, 4.69) is 6.92 Å². The second-order valence-corrected chi connectivity index (χ2v) is 6.75. The molecule has 1 rings (SSSR count). The number of unbranched alkanes of at least 4 members (excludes halogenated alkanes) is 4. The minimum atomic E-state index is -0.818. The molecule has 3 nitrogen and oxygen atoms in total. The molecule has 3 heteroatoms. The molecule has 0 heterocycles. The van der Waals surface area contributed by atoms with Crippen LogP contribution in [-0.4, -0.2) is 22.3 Å². The van der Waals surface area contributed by atoms with Gasteiger partial charge in [0, 0.05) is 0 Å². The van der Waals surface area contributed by atoms with E-state index in [1.807, 2.05) is 37.3 Å². The maximum atomic E-state index is 11.7. The first-order valence-corrected chi connectivity index (χ1v) is 8.97. The van der Waals surface area contributed by atoms with Crippen molar-refractivity contribution < 1.29 is 15.0 Å². The number of aliphatic carboxylic acids is 1. The van der Waals surface area contributed by atoms with Crippen molar-refractivity contribution in [3.05, 3.63) is 35.9 Å². The van der Waals surface area contributed by atoms with Crippen molar-refractivity contribution in [2.24, 2.45) is 0 Å². The summed E-state index contributed by atoms with van der Waals surface area (Å²) < 4.78 is 0. The Balaban J connectivity index is 2.33. The lowest BCUT2D eigenvalue weighted by molar-refractivity contribution is -0.143. The van der Waals surface area contributed by atoms with Gasteiger partial charge in [0.1, 0.15) is 0 Å². The van der Waals surface area contributed by atoms with E-state index in [9.17, 15) is 15.0 Å². The minimum absolute atomic E-state index is 0.193. The van der Waals surface area contributed by atoms with Crippen LogP contribution in [0, 0.1) is 0 Å². The number of rotatable bonds is 12. The quantitative estimate of drug-likeness (QED) is 0.537. The van der Waals surface area contributed by atoms with Crippen LogP contribution in [0.15, 0.2) is 30.3 Å². The first kappa shape index (κ1) is 19.7. The highest BCUT2D eigenvalue weighted by atomic mass is 16.4. The van der Waals surface area contributed by atoms with Gasteiger partial charge in [-0.1, -0.05) is 75.8 Å². The molecule has 0 amide bonds. The Kier molecular flexibility index (Phi) is 8.93. The maximum absolute atomic E-state index is 11.7. The van der Waals surface area contributed by atoms with Gasteiger partial charge in [-0.3, -0.25) is 4.79 Å². The standard InChI is InChI=1S/C20H32O3/c1-3-4-7-14-18(21)15-10-6-11-16-20(2,19(22)23)17-12-8-5-9-13-17/h5,8-9,12-13,18,21H,3-4,6-7,10-11,14-16H2,1-2H3,(H,22,23). The van der Waals surface area contributed by atoms with E-state index in [1.165, 1.54) is 12.8 Å². The van der Waals surface area contributed by atoms with E-state index in [0.717, 1.165) is 44.1 Å². The van der Waals surface area contributed by atoms with Crippen LogP contribution in [0.4, 0.5) is 0 Å². The van der Waals surface area contributed by atoms with Gasteiger partial charge in [0.2, 0.25) is 0 Å². The molecule has 0 bridgehead atoms. The van der Waals surface area contributed by atoms with Gasteiger partial charge >= 0.3 is 5.97 Å². The Hall–Kier alpha value is -1.35. The summed E-state index contributed by atoms with van der Waals surface area (Å²) in [7, 11) is 0. The van der Waals surface area contributed by atoms with Crippen LogP contribution in [0.3, 0.4) is 0 Å². The Morgan fingerprint density at radius 1 is 1.04 bits per heavy atom. The molecule has 0 aromatic heterocycles. The maximum Gasteiger partial charge on any atom is 0.313 e. The van der Waals surface area contributed by atoms with Gasteiger partial charge < -0.3 is 10.2 Å². The Morgan fingerprint density at radius 2 is 1.65 bits per heavy atom. The van der Waals surface area contributed by atoms with Crippen LogP contribution in [0.1, 0.15) is 77.2 Å². The zero-order valence-electron chi connectivity index (χ0n) is 14.6. The average molecular weight is 320 g/mol. The SMILES string of the molecule is CCCCCC(O)CCCCCC(C)(C(=O)O)c1ccccc1. The Bertz CT molecular complexity index is 443. The van der Waals surface area contributed by atoms with Crippen LogP contribution >= 0.6 is 0 Å². The van der Waals surface area contributed by atoms with Crippen molar-refractivity contribution in [2.75, 3.05) is 0 Å². The van der Waals surface area contributed by atoms with Gasteiger partial charge in [0.05, 0.1) is 11.5 Å². The number of aliphatic hydroxyl groups excluding tert-OH is 1. The zero-order chi connectivity index (χ0) is 17.1. The normalized spacial score (nSPS) is 15.1. The fourth-order valence-electron chi connectivity index (χ4n) is 2.99. The topological polar surface area (TPSA) is 57.5 Å². The van der Waals surface area contributed by atoms with Gasteiger partial charge in [-0.2, -0.15) is 0 Å². The van der Waals surface area contributed by atoms with Crippen LogP contribution < -0.4 is 0 Å². The molecule has 0 aliphatic carbocycles. The monoisotopic (exact) mass is 320 g/mol. The fourth-order valence-corrected chi connectivity index (χ4v) is 2.99.